The fourth-order valence-electron chi connectivity index (χ4n) is 0.622. The molecule has 0 bridgehead atoms. The highest BCUT2D eigenvalue weighted by Crippen LogP contribution is 2.03. The second-order valence-electron chi connectivity index (χ2n) is 3.60. The van der Waals surface area contributed by atoms with Crippen LogP contribution in [-0.4, -0.2) is 25.2 Å². The van der Waals surface area contributed by atoms with E-state index < -0.39 is 8.24 Å². The topological polar surface area (TPSA) is 32.6 Å². The number of aliphatic hydroxyl groups is 1. The molecule has 2 nitrogen and oxygen atoms in total. The van der Waals surface area contributed by atoms with Crippen LogP contribution >= 0.6 is 0 Å². The highest BCUT2D eigenvalue weighted by molar-refractivity contribution is 6.75. The highest BCUT2D eigenvalue weighted by atomic mass is 28.3. The number of nitrogens with zero attached hydrogens (tertiary/aromatic N) is 1. The zero-order valence-electron chi connectivity index (χ0n) is 7.47. The smallest absolute Gasteiger partial charge is 0.172 e. The van der Waals surface area contributed by atoms with Crippen LogP contribution in [0.3, 0.4) is 0 Å². The Morgan fingerprint density at radius 1 is 1.40 bits per heavy atom. The van der Waals surface area contributed by atoms with Crippen LogP contribution in [0, 0.1) is 0 Å². The maximum atomic E-state index is 9.08. The van der Waals surface area contributed by atoms with E-state index in [4.69, 9.17) is 5.11 Å². The van der Waals surface area contributed by atoms with Gasteiger partial charge in [-0.2, -0.15) is 0 Å². The molecule has 0 aliphatic carbocycles. The monoisotopic (exact) mass is 159 g/mol. The van der Waals surface area contributed by atoms with Gasteiger partial charge in [0, 0.05) is 5.71 Å². The van der Waals surface area contributed by atoms with E-state index in [9.17, 15) is 0 Å². The second kappa shape index (κ2) is 3.30. The third kappa shape index (κ3) is 4.70. The van der Waals surface area contributed by atoms with Crippen molar-refractivity contribution in [1.82, 2.24) is 0 Å². The summed E-state index contributed by atoms with van der Waals surface area (Å²) in [5.41, 5.74) is 0.860. The van der Waals surface area contributed by atoms with Crippen molar-refractivity contribution >= 4 is 13.9 Å². The summed E-state index contributed by atoms with van der Waals surface area (Å²) in [6.45, 7) is 10.1. The molecule has 1 unspecified atom stereocenters. The third-order valence-electron chi connectivity index (χ3n) is 1.12. The minimum Gasteiger partial charge on any atom is -0.388 e. The first-order chi connectivity index (χ1) is 4.33. The maximum absolute atomic E-state index is 9.08. The van der Waals surface area contributed by atoms with Crippen molar-refractivity contribution in [2.45, 2.75) is 39.6 Å². The molecule has 0 saturated carbocycles. The van der Waals surface area contributed by atoms with Crippen LogP contribution < -0.4 is 0 Å². The van der Waals surface area contributed by atoms with Crippen LogP contribution in [0.2, 0.25) is 19.6 Å². The number of hydrogen-bond acceptors (Lipinski definition) is 2. The summed E-state index contributed by atoms with van der Waals surface area (Å²) >= 11 is 0. The van der Waals surface area contributed by atoms with Crippen LogP contribution in [0.5, 0.6) is 0 Å². The standard InChI is InChI=1S/C7H17NOSi/c1-6(7(2)9)8-10(3,4)5/h7,9H,1-5H3/b8-6+. The summed E-state index contributed by atoms with van der Waals surface area (Å²) in [6.07, 6.45) is -0.383. The van der Waals surface area contributed by atoms with Crippen molar-refractivity contribution in [1.29, 1.82) is 0 Å². The van der Waals surface area contributed by atoms with Crippen LogP contribution in [0.4, 0.5) is 0 Å². The van der Waals surface area contributed by atoms with Gasteiger partial charge >= 0.3 is 0 Å². The molecular weight excluding hydrogens is 142 g/mol. The number of hydrogen-bond donors (Lipinski definition) is 1. The molecule has 0 rings (SSSR count). The van der Waals surface area contributed by atoms with Gasteiger partial charge in [-0.25, -0.2) is 0 Å². The Morgan fingerprint density at radius 2 is 1.80 bits per heavy atom. The average molecular weight is 159 g/mol. The van der Waals surface area contributed by atoms with E-state index in [-0.39, 0.29) is 6.10 Å². The summed E-state index contributed by atoms with van der Waals surface area (Å²) in [4.78, 5) is 0. The fraction of sp³-hybridized carbons (Fsp3) is 0.857. The van der Waals surface area contributed by atoms with E-state index >= 15 is 0 Å². The SMILES string of the molecule is C/C(=N\[Si](C)(C)C)C(C)O. The summed E-state index contributed by atoms with van der Waals surface area (Å²) in [6, 6.07) is 0. The molecule has 0 radical (unpaired) electrons. The van der Waals surface area contributed by atoms with Crippen LogP contribution in [0.25, 0.3) is 0 Å². The number of aliphatic hydroxyl groups excluding tert-OH is 1. The Balaban J connectivity index is 4.17. The van der Waals surface area contributed by atoms with Gasteiger partial charge in [-0.3, -0.25) is 0 Å². The van der Waals surface area contributed by atoms with E-state index in [1.165, 1.54) is 0 Å². The summed E-state index contributed by atoms with van der Waals surface area (Å²) in [7, 11) is -1.36. The Hall–Kier alpha value is -0.153. The first kappa shape index (κ1) is 9.85. The summed E-state index contributed by atoms with van der Waals surface area (Å²) in [5, 5.41) is 9.08. The molecule has 0 aromatic rings. The second-order valence-corrected chi connectivity index (χ2v) is 8.17. The molecule has 1 atom stereocenters. The predicted octanol–water partition coefficient (Wildman–Crippen LogP) is 1.66. The maximum Gasteiger partial charge on any atom is 0.172 e. The van der Waals surface area contributed by atoms with Gasteiger partial charge in [0.15, 0.2) is 8.24 Å². The Morgan fingerprint density at radius 3 is 1.90 bits per heavy atom. The summed E-state index contributed by atoms with van der Waals surface area (Å²) in [5.74, 6) is 0. The van der Waals surface area contributed by atoms with Crippen molar-refractivity contribution < 1.29 is 5.11 Å². The van der Waals surface area contributed by atoms with E-state index in [0.717, 1.165) is 5.71 Å². The van der Waals surface area contributed by atoms with Crippen molar-refractivity contribution in [3.05, 3.63) is 0 Å². The van der Waals surface area contributed by atoms with Gasteiger partial charge in [0.2, 0.25) is 0 Å². The van der Waals surface area contributed by atoms with Gasteiger partial charge in [-0.15, -0.1) is 0 Å². The van der Waals surface area contributed by atoms with E-state index in [0.29, 0.717) is 0 Å². The third-order valence-corrected chi connectivity index (χ3v) is 2.14. The van der Waals surface area contributed by atoms with Crippen LogP contribution in [0.15, 0.2) is 4.66 Å². The lowest BCUT2D eigenvalue weighted by molar-refractivity contribution is 0.261. The molecule has 3 heteroatoms. The molecule has 0 aromatic heterocycles. The van der Waals surface area contributed by atoms with Crippen LogP contribution in [0.1, 0.15) is 13.8 Å². The van der Waals surface area contributed by atoms with Crippen LogP contribution in [-0.2, 0) is 0 Å². The Kier molecular flexibility index (Phi) is 3.25. The first-order valence-electron chi connectivity index (χ1n) is 3.57. The van der Waals surface area contributed by atoms with Crippen molar-refractivity contribution in [3.8, 4) is 0 Å². The lowest BCUT2D eigenvalue weighted by Gasteiger charge is -2.12. The zero-order valence-corrected chi connectivity index (χ0v) is 8.47. The molecule has 0 heterocycles. The Labute approximate surface area is 64.1 Å². The minimum absolute atomic E-state index is 0.383. The largest absolute Gasteiger partial charge is 0.388 e. The molecule has 0 fully saturated rings. The minimum atomic E-state index is -1.36. The van der Waals surface area contributed by atoms with Gasteiger partial charge in [-0.05, 0) is 33.5 Å². The lowest BCUT2D eigenvalue weighted by Crippen LogP contribution is -2.23. The molecule has 60 valence electrons. The highest BCUT2D eigenvalue weighted by Gasteiger charge is 2.12. The van der Waals surface area contributed by atoms with Crippen molar-refractivity contribution in [2.75, 3.05) is 0 Å². The van der Waals surface area contributed by atoms with Gasteiger partial charge in [-0.1, -0.05) is 0 Å². The molecule has 0 amide bonds. The predicted molar refractivity (Wildman–Crippen MR) is 48.1 cm³/mol. The quantitative estimate of drug-likeness (QED) is 0.482. The first-order valence-corrected chi connectivity index (χ1v) is 7.02. The van der Waals surface area contributed by atoms with E-state index in [1.807, 2.05) is 6.92 Å². The van der Waals surface area contributed by atoms with E-state index in [2.05, 4.69) is 24.3 Å². The van der Waals surface area contributed by atoms with E-state index in [1.54, 1.807) is 6.92 Å². The van der Waals surface area contributed by atoms with Gasteiger partial charge < -0.3 is 9.76 Å². The molecule has 0 aromatic carbocycles. The molecule has 0 aliphatic rings. The van der Waals surface area contributed by atoms with Crippen molar-refractivity contribution in [2.24, 2.45) is 4.66 Å². The summed E-state index contributed by atoms with van der Waals surface area (Å²) < 4.78 is 4.41. The zero-order chi connectivity index (χ0) is 8.36. The molecule has 10 heavy (non-hydrogen) atoms. The fourth-order valence-corrected chi connectivity index (χ4v) is 1.87. The number of rotatable bonds is 2. The molecule has 1 N–H and O–H groups in total. The molecule has 0 spiro atoms. The van der Waals surface area contributed by atoms with Gasteiger partial charge in [0.25, 0.3) is 0 Å². The molecule has 0 saturated heterocycles. The van der Waals surface area contributed by atoms with Gasteiger partial charge in [0.1, 0.15) is 0 Å². The molecule has 0 aliphatic heterocycles. The van der Waals surface area contributed by atoms with Crippen molar-refractivity contribution in [3.63, 3.8) is 0 Å². The lowest BCUT2D eigenvalue weighted by atomic mass is 10.3. The molecular formula is C7H17NOSi. The average Bonchev–Trinajstić information content (AvgIpc) is 1.60. The van der Waals surface area contributed by atoms with Gasteiger partial charge in [0.05, 0.1) is 6.10 Å². The normalized spacial score (nSPS) is 17.2. The Bertz CT molecular complexity index is 135.